The summed E-state index contributed by atoms with van der Waals surface area (Å²) in [4.78, 5) is 39.9. The van der Waals surface area contributed by atoms with Crippen molar-refractivity contribution in [3.63, 3.8) is 0 Å². The van der Waals surface area contributed by atoms with Crippen LogP contribution in [-0.2, 0) is 19.2 Å². The van der Waals surface area contributed by atoms with Crippen LogP contribution in [0.4, 0.5) is 0 Å². The summed E-state index contributed by atoms with van der Waals surface area (Å²) >= 11 is 0. The molecule has 0 aliphatic carbocycles. The maximum Gasteiger partial charge on any atom is 0.320 e. The van der Waals surface area contributed by atoms with E-state index in [1.807, 2.05) is 0 Å². The molecule has 9 atom stereocenters. The van der Waals surface area contributed by atoms with Crippen molar-refractivity contribution in [2.75, 3.05) is 13.2 Å². The zero-order valence-electron chi connectivity index (χ0n) is 18.0. The van der Waals surface area contributed by atoms with Crippen LogP contribution in [0.3, 0.4) is 0 Å². The van der Waals surface area contributed by atoms with Gasteiger partial charge in [0, 0.05) is 6.42 Å². The molecule has 0 saturated heterocycles. The molecule has 0 aliphatic heterocycles. The first-order valence-corrected chi connectivity index (χ1v) is 9.54. The Morgan fingerprint density at radius 3 is 1.21 bits per heavy atom. The molecular weight excluding hydrogens is 470 g/mol. The number of carbonyl (C=O) groups excluding carboxylic acids is 2. The topological polar surface area (TPSA) is 349 Å². The first kappa shape index (κ1) is 36.4. The van der Waals surface area contributed by atoms with Gasteiger partial charge in [0.2, 0.25) is 0 Å². The quantitative estimate of drug-likeness (QED) is 0.0974. The number of nitrogens with two attached hydrogens (primary N) is 3. The predicted molar refractivity (Wildman–Crippen MR) is 111 cm³/mol. The largest absolute Gasteiger partial charge is 0.481 e. The molecule has 0 saturated carbocycles. The molecule has 16 N–H and O–H groups in total. The average Bonchev–Trinajstić information content (AvgIpc) is 2.83. The summed E-state index contributed by atoms with van der Waals surface area (Å²) in [6.07, 6.45) is -9.08. The molecule has 0 aliphatic rings. The van der Waals surface area contributed by atoms with Crippen LogP contribution in [-0.4, -0.2) is 144 Å². The average molecular weight is 505 g/mol. The molecule has 0 rings (SSSR count). The second kappa shape index (κ2) is 20.2. The van der Waals surface area contributed by atoms with E-state index in [1.165, 1.54) is 0 Å². The van der Waals surface area contributed by atoms with E-state index < -0.39 is 79.9 Å². The van der Waals surface area contributed by atoms with Crippen molar-refractivity contribution in [2.45, 2.75) is 67.6 Å². The number of carboxylic acids is 2. The normalized spacial score (nSPS) is 18.6. The molecule has 0 amide bonds. The Labute approximate surface area is 193 Å². The Hall–Kier alpha value is -2.16. The summed E-state index contributed by atoms with van der Waals surface area (Å²) in [5.41, 5.74) is 15.1. The lowest BCUT2D eigenvalue weighted by Gasteiger charge is -2.23. The number of aliphatic hydroxyl groups excluding tert-OH is 8. The Morgan fingerprint density at radius 1 is 0.676 bits per heavy atom. The maximum absolute atomic E-state index is 10.0. The highest BCUT2D eigenvalue weighted by Crippen LogP contribution is 2.02. The molecule has 0 bridgehead atoms. The van der Waals surface area contributed by atoms with Crippen LogP contribution < -0.4 is 17.2 Å². The lowest BCUT2D eigenvalue weighted by molar-refractivity contribution is -0.140. The number of rotatable bonds is 14. The van der Waals surface area contributed by atoms with Gasteiger partial charge in [0.15, 0.2) is 0 Å². The number of aldehydes is 2. The van der Waals surface area contributed by atoms with Crippen LogP contribution in [0.15, 0.2) is 0 Å². The van der Waals surface area contributed by atoms with E-state index in [0.717, 1.165) is 0 Å². The van der Waals surface area contributed by atoms with Crippen molar-refractivity contribution in [1.29, 1.82) is 0 Å². The van der Waals surface area contributed by atoms with Crippen LogP contribution >= 0.6 is 0 Å². The Kier molecular flexibility index (Phi) is 21.7. The number of hydrogen-bond donors (Lipinski definition) is 13. The summed E-state index contributed by atoms with van der Waals surface area (Å²) in [5.74, 6) is -2.20. The van der Waals surface area contributed by atoms with Gasteiger partial charge in [-0.25, -0.2) is 0 Å². The molecule has 202 valence electrons. The van der Waals surface area contributed by atoms with E-state index in [9.17, 15) is 19.2 Å². The highest BCUT2D eigenvalue weighted by Gasteiger charge is 2.29. The molecule has 17 nitrogen and oxygen atoms in total. The standard InChI is InChI=1S/2C6H13NO5.C5H9NO4/c2*7-3(1-8)5(11)6(12)4(10)2-9;6-3(5(9)10)1-2-4(7)8/h2*1,3-6,9-12H,2,7H2;3H,1-2,6H2,(H,7,8)(H,9,10)/t2*3-,4+,5+,6+;3-/m000/s1. The number of carbonyl (C=O) groups is 4. The lowest BCUT2D eigenvalue weighted by Crippen LogP contribution is -2.49. The summed E-state index contributed by atoms with van der Waals surface area (Å²) in [6.45, 7) is -1.41. The van der Waals surface area contributed by atoms with Crippen molar-refractivity contribution in [2.24, 2.45) is 17.2 Å². The molecule has 0 unspecified atom stereocenters. The Morgan fingerprint density at radius 2 is 1.00 bits per heavy atom. The van der Waals surface area contributed by atoms with Gasteiger partial charge in [0.05, 0.1) is 25.3 Å². The zero-order valence-corrected chi connectivity index (χ0v) is 18.0. The molecule has 0 heterocycles. The summed E-state index contributed by atoms with van der Waals surface area (Å²) in [5, 5.41) is 86.6. The van der Waals surface area contributed by atoms with Gasteiger partial charge >= 0.3 is 11.9 Å². The molecule has 0 aromatic carbocycles. The van der Waals surface area contributed by atoms with Gasteiger partial charge < -0.3 is 77.9 Å². The van der Waals surface area contributed by atoms with Crippen molar-refractivity contribution in [1.82, 2.24) is 0 Å². The molecule has 34 heavy (non-hydrogen) atoms. The second-order valence-corrected chi connectivity index (χ2v) is 6.77. The summed E-state index contributed by atoms with van der Waals surface area (Å²) < 4.78 is 0. The molecule has 0 radical (unpaired) electrons. The highest BCUT2D eigenvalue weighted by atomic mass is 16.4. The van der Waals surface area contributed by atoms with E-state index in [4.69, 9.17) is 68.3 Å². The molecular formula is C17H35N3O14. The van der Waals surface area contributed by atoms with E-state index in [1.54, 1.807) is 0 Å². The maximum atomic E-state index is 10.0. The SMILES string of the molecule is N[C@@H](C=O)[C@@H](O)[C@H](O)[C@H](O)CO.N[C@@H](C=O)[C@@H](O)[C@H](O)[C@H](O)CO.N[C@@H](CCC(=O)O)C(=O)O. The number of hydrogen-bond acceptors (Lipinski definition) is 15. The second-order valence-electron chi connectivity index (χ2n) is 6.77. The van der Waals surface area contributed by atoms with Gasteiger partial charge in [0.1, 0.15) is 55.2 Å². The van der Waals surface area contributed by atoms with Crippen molar-refractivity contribution in [3.05, 3.63) is 0 Å². The summed E-state index contributed by atoms with van der Waals surface area (Å²) in [7, 11) is 0. The van der Waals surface area contributed by atoms with Crippen molar-refractivity contribution in [3.8, 4) is 0 Å². The minimum atomic E-state index is -1.62. The van der Waals surface area contributed by atoms with Gasteiger partial charge in [-0.05, 0) is 6.42 Å². The first-order valence-electron chi connectivity index (χ1n) is 9.54. The smallest absolute Gasteiger partial charge is 0.320 e. The van der Waals surface area contributed by atoms with Crippen LogP contribution in [0.5, 0.6) is 0 Å². The molecule has 17 heteroatoms. The van der Waals surface area contributed by atoms with Crippen LogP contribution in [0.2, 0.25) is 0 Å². The minimum Gasteiger partial charge on any atom is -0.481 e. The lowest BCUT2D eigenvalue weighted by atomic mass is 10.0. The molecule has 0 aromatic rings. The van der Waals surface area contributed by atoms with E-state index in [-0.39, 0.29) is 25.4 Å². The third-order valence-electron chi connectivity index (χ3n) is 3.95. The van der Waals surface area contributed by atoms with E-state index >= 15 is 0 Å². The van der Waals surface area contributed by atoms with Gasteiger partial charge in [-0.1, -0.05) is 0 Å². The van der Waals surface area contributed by atoms with Gasteiger partial charge in [-0.2, -0.15) is 0 Å². The number of aliphatic carboxylic acids is 2. The van der Waals surface area contributed by atoms with Gasteiger partial charge in [-0.3, -0.25) is 9.59 Å². The fraction of sp³-hybridized carbons (Fsp3) is 0.765. The van der Waals surface area contributed by atoms with Crippen molar-refractivity contribution < 1.29 is 70.2 Å². The van der Waals surface area contributed by atoms with Crippen molar-refractivity contribution >= 4 is 24.5 Å². The fourth-order valence-corrected chi connectivity index (χ4v) is 1.69. The van der Waals surface area contributed by atoms with Crippen LogP contribution in [0.25, 0.3) is 0 Å². The van der Waals surface area contributed by atoms with Crippen LogP contribution in [0, 0.1) is 0 Å². The van der Waals surface area contributed by atoms with Gasteiger partial charge in [-0.15, -0.1) is 0 Å². The van der Waals surface area contributed by atoms with E-state index in [2.05, 4.69) is 0 Å². The van der Waals surface area contributed by atoms with E-state index in [0.29, 0.717) is 0 Å². The molecule has 0 spiro atoms. The predicted octanol–water partition coefficient (Wildman–Crippen LogP) is -7.56. The molecule has 0 fully saturated rings. The Balaban J connectivity index is -0.000000426. The number of aliphatic hydroxyl groups is 8. The fourth-order valence-electron chi connectivity index (χ4n) is 1.69. The molecule has 0 aromatic heterocycles. The summed E-state index contributed by atoms with van der Waals surface area (Å²) in [6, 6.07) is -3.58. The third-order valence-corrected chi connectivity index (χ3v) is 3.95. The van der Waals surface area contributed by atoms with Crippen LogP contribution in [0.1, 0.15) is 12.8 Å². The zero-order chi connectivity index (χ0) is 27.6. The minimum absolute atomic E-state index is 0.0231. The monoisotopic (exact) mass is 505 g/mol. The Bertz CT molecular complexity index is 552. The highest BCUT2D eigenvalue weighted by molar-refractivity contribution is 5.74. The third kappa shape index (κ3) is 16.5. The van der Waals surface area contributed by atoms with Gasteiger partial charge in [0.25, 0.3) is 0 Å². The number of carboxylic acid groups (broad SMARTS) is 2. The first-order chi connectivity index (χ1) is 15.6.